The lowest BCUT2D eigenvalue weighted by atomic mass is 10.0. The molecular formula is C12H8F2N2. The minimum atomic E-state index is -0.972. The van der Waals surface area contributed by atoms with Gasteiger partial charge in [-0.15, -0.1) is 6.42 Å². The number of halogens is 2. The lowest BCUT2D eigenvalue weighted by Crippen LogP contribution is -1.99. The van der Waals surface area contributed by atoms with Crippen molar-refractivity contribution in [3.8, 4) is 12.3 Å². The van der Waals surface area contributed by atoms with E-state index in [-0.39, 0.29) is 10.9 Å². The molecule has 0 fully saturated rings. The summed E-state index contributed by atoms with van der Waals surface area (Å²) in [5, 5.41) is 0.494. The minimum Gasteiger partial charge on any atom is -0.399 e. The van der Waals surface area contributed by atoms with E-state index in [0.717, 1.165) is 0 Å². The van der Waals surface area contributed by atoms with Gasteiger partial charge in [0.05, 0.1) is 5.56 Å². The van der Waals surface area contributed by atoms with Crippen molar-refractivity contribution >= 4 is 16.5 Å². The molecule has 0 unspecified atom stereocenters. The predicted octanol–water partition coefficient (Wildman–Crippen LogP) is 2.38. The summed E-state index contributed by atoms with van der Waals surface area (Å²) >= 11 is 0. The molecule has 2 nitrogen and oxygen atoms in total. The molecule has 0 aliphatic carbocycles. The molecule has 0 bridgehead atoms. The first-order valence-corrected chi connectivity index (χ1v) is 4.56. The number of nitrogen functional groups attached to an aromatic ring is 1. The summed E-state index contributed by atoms with van der Waals surface area (Å²) in [5.74, 6) is 0.308. The zero-order chi connectivity index (χ0) is 11.9. The van der Waals surface area contributed by atoms with Crippen molar-refractivity contribution in [1.82, 2.24) is 4.98 Å². The van der Waals surface area contributed by atoms with Crippen molar-refractivity contribution in [2.24, 2.45) is 0 Å². The maximum atomic E-state index is 13.4. The van der Waals surface area contributed by atoms with Gasteiger partial charge < -0.3 is 5.73 Å². The molecule has 0 saturated carbocycles. The normalized spacial score (nSPS) is 10.4. The van der Waals surface area contributed by atoms with E-state index in [0.29, 0.717) is 16.6 Å². The van der Waals surface area contributed by atoms with Crippen LogP contribution in [0.15, 0.2) is 12.1 Å². The third-order valence-electron chi connectivity index (χ3n) is 2.38. The first-order chi connectivity index (χ1) is 7.54. The molecule has 16 heavy (non-hydrogen) atoms. The number of fused-ring (bicyclic) bond motifs is 1. The molecule has 80 valence electrons. The van der Waals surface area contributed by atoms with E-state index in [1.54, 1.807) is 13.0 Å². The van der Waals surface area contributed by atoms with Gasteiger partial charge in [0.25, 0.3) is 0 Å². The van der Waals surface area contributed by atoms with Gasteiger partial charge in [-0.1, -0.05) is 5.92 Å². The quantitative estimate of drug-likeness (QED) is 0.419. The van der Waals surface area contributed by atoms with Crippen LogP contribution >= 0.6 is 0 Å². The summed E-state index contributed by atoms with van der Waals surface area (Å²) < 4.78 is 26.8. The fourth-order valence-electron chi connectivity index (χ4n) is 1.75. The summed E-state index contributed by atoms with van der Waals surface area (Å²) in [6.45, 7) is 1.69. The zero-order valence-corrected chi connectivity index (χ0v) is 8.51. The number of benzene rings is 1. The van der Waals surface area contributed by atoms with Crippen LogP contribution in [0.5, 0.6) is 0 Å². The largest absolute Gasteiger partial charge is 0.399 e. The molecule has 1 heterocycles. The van der Waals surface area contributed by atoms with Gasteiger partial charge in [-0.05, 0) is 24.6 Å². The highest BCUT2D eigenvalue weighted by Gasteiger charge is 2.14. The van der Waals surface area contributed by atoms with Crippen LogP contribution in [-0.2, 0) is 0 Å². The number of hydrogen-bond acceptors (Lipinski definition) is 2. The Balaban J connectivity index is 3.07. The molecule has 1 aromatic carbocycles. The zero-order valence-electron chi connectivity index (χ0n) is 8.51. The van der Waals surface area contributed by atoms with Crippen LogP contribution in [0.3, 0.4) is 0 Å². The SMILES string of the molecule is C#Cc1c(F)nc(F)c2cc(N)cc(C)c12. The van der Waals surface area contributed by atoms with Gasteiger partial charge in [0.15, 0.2) is 0 Å². The van der Waals surface area contributed by atoms with Gasteiger partial charge in [0, 0.05) is 16.5 Å². The molecule has 4 heteroatoms. The summed E-state index contributed by atoms with van der Waals surface area (Å²) in [7, 11) is 0. The molecule has 2 rings (SSSR count). The van der Waals surface area contributed by atoms with E-state index in [1.807, 2.05) is 0 Å². The molecule has 2 N–H and O–H groups in total. The van der Waals surface area contributed by atoms with Crippen molar-refractivity contribution < 1.29 is 8.78 Å². The molecule has 0 atom stereocenters. The summed E-state index contributed by atoms with van der Waals surface area (Å²) in [4.78, 5) is 3.12. The molecule has 0 saturated heterocycles. The molecule has 0 aliphatic rings. The lowest BCUT2D eigenvalue weighted by molar-refractivity contribution is 0.520. The van der Waals surface area contributed by atoms with Gasteiger partial charge in [-0.25, -0.2) is 0 Å². The van der Waals surface area contributed by atoms with Gasteiger partial charge in [-0.3, -0.25) is 0 Å². The van der Waals surface area contributed by atoms with Crippen LogP contribution in [-0.4, -0.2) is 4.98 Å². The third-order valence-corrected chi connectivity index (χ3v) is 2.38. The van der Waals surface area contributed by atoms with Crippen molar-refractivity contribution in [1.29, 1.82) is 0 Å². The Hall–Kier alpha value is -2.15. The van der Waals surface area contributed by atoms with E-state index in [1.165, 1.54) is 6.07 Å². The average molecular weight is 218 g/mol. The summed E-state index contributed by atoms with van der Waals surface area (Å²) in [5.41, 5.74) is 6.57. The van der Waals surface area contributed by atoms with Crippen LogP contribution < -0.4 is 5.73 Å². The van der Waals surface area contributed by atoms with Crippen LogP contribution in [0.4, 0.5) is 14.5 Å². The monoisotopic (exact) mass is 218 g/mol. The Labute approximate surface area is 91.1 Å². The number of pyridine rings is 1. The number of hydrogen-bond donors (Lipinski definition) is 1. The summed E-state index contributed by atoms with van der Waals surface area (Å²) in [6, 6.07) is 3.01. The number of terminal acetylenes is 1. The number of nitrogens with zero attached hydrogens (tertiary/aromatic N) is 1. The summed E-state index contributed by atoms with van der Waals surface area (Å²) in [6.07, 6.45) is 5.19. The van der Waals surface area contributed by atoms with E-state index < -0.39 is 11.9 Å². The van der Waals surface area contributed by atoms with E-state index >= 15 is 0 Å². The van der Waals surface area contributed by atoms with Gasteiger partial charge >= 0.3 is 0 Å². The number of nitrogens with two attached hydrogens (primary N) is 1. The minimum absolute atomic E-state index is 0.0334. The fourth-order valence-corrected chi connectivity index (χ4v) is 1.75. The van der Waals surface area contributed by atoms with Crippen molar-refractivity contribution in [3.63, 3.8) is 0 Å². The maximum Gasteiger partial charge on any atom is 0.231 e. The molecule has 2 aromatic rings. The number of aryl methyl sites for hydroxylation is 1. The van der Waals surface area contributed by atoms with Crippen LogP contribution in [0.1, 0.15) is 11.1 Å². The van der Waals surface area contributed by atoms with Crippen LogP contribution in [0.25, 0.3) is 10.8 Å². The molecule has 1 aromatic heterocycles. The Morgan fingerprint density at radius 1 is 1.31 bits per heavy atom. The Morgan fingerprint density at radius 3 is 2.62 bits per heavy atom. The van der Waals surface area contributed by atoms with Gasteiger partial charge in [0.1, 0.15) is 0 Å². The molecule has 0 amide bonds. The maximum absolute atomic E-state index is 13.4. The average Bonchev–Trinajstić information content (AvgIpc) is 2.20. The van der Waals surface area contributed by atoms with Crippen molar-refractivity contribution in [2.45, 2.75) is 6.92 Å². The second-order valence-electron chi connectivity index (χ2n) is 3.47. The molecule has 0 spiro atoms. The topological polar surface area (TPSA) is 38.9 Å². The van der Waals surface area contributed by atoms with Crippen LogP contribution in [0.2, 0.25) is 0 Å². The second kappa shape index (κ2) is 3.46. The number of anilines is 1. The smallest absolute Gasteiger partial charge is 0.231 e. The fraction of sp³-hybridized carbons (Fsp3) is 0.0833. The Kier molecular flexibility index (Phi) is 2.24. The Bertz CT molecular complexity index is 627. The predicted molar refractivity (Wildman–Crippen MR) is 58.7 cm³/mol. The lowest BCUT2D eigenvalue weighted by Gasteiger charge is -2.07. The van der Waals surface area contributed by atoms with E-state index in [9.17, 15) is 8.78 Å². The Morgan fingerprint density at radius 2 is 2.00 bits per heavy atom. The van der Waals surface area contributed by atoms with Crippen LogP contribution in [0, 0.1) is 31.2 Å². The molecular weight excluding hydrogens is 210 g/mol. The second-order valence-corrected chi connectivity index (χ2v) is 3.47. The number of aromatic nitrogens is 1. The highest BCUT2D eigenvalue weighted by molar-refractivity contribution is 5.92. The number of rotatable bonds is 0. The van der Waals surface area contributed by atoms with E-state index in [4.69, 9.17) is 12.2 Å². The van der Waals surface area contributed by atoms with Gasteiger partial charge in [0.2, 0.25) is 11.9 Å². The van der Waals surface area contributed by atoms with Crippen molar-refractivity contribution in [2.75, 3.05) is 5.73 Å². The molecule has 0 aliphatic heterocycles. The first-order valence-electron chi connectivity index (χ1n) is 4.56. The third kappa shape index (κ3) is 1.38. The standard InChI is InChI=1S/C12H8F2N2/c1-3-8-10-6(2)4-7(15)5-9(10)12(14)16-11(8)13/h1,4-5H,15H2,2H3. The van der Waals surface area contributed by atoms with Crippen molar-refractivity contribution in [3.05, 3.63) is 35.2 Å². The highest BCUT2D eigenvalue weighted by atomic mass is 19.1. The van der Waals surface area contributed by atoms with E-state index in [2.05, 4.69) is 10.9 Å². The highest BCUT2D eigenvalue weighted by Crippen LogP contribution is 2.27. The van der Waals surface area contributed by atoms with Gasteiger partial charge in [-0.2, -0.15) is 13.8 Å². The first kappa shape index (κ1) is 10.4. The molecule has 0 radical (unpaired) electrons.